The minimum absolute atomic E-state index is 0.0669. The Bertz CT molecular complexity index is 732. The Hall–Kier alpha value is -2.07. The molecule has 2 aromatic rings. The summed E-state index contributed by atoms with van der Waals surface area (Å²) in [7, 11) is 3.84. The number of piperidine rings is 1. The highest BCUT2D eigenvalue weighted by atomic mass is 35.5. The maximum Gasteiger partial charge on any atom is 0.254 e. The van der Waals surface area contributed by atoms with Crippen LogP contribution in [0.5, 0.6) is 0 Å². The van der Waals surface area contributed by atoms with E-state index in [2.05, 4.69) is 11.1 Å². The maximum atomic E-state index is 12.9. The van der Waals surface area contributed by atoms with Gasteiger partial charge in [-0.1, -0.05) is 29.8 Å². The third kappa shape index (κ3) is 3.54. The molecule has 1 amide bonds. The fourth-order valence-corrected chi connectivity index (χ4v) is 3.49. The number of carbonyl (C=O) groups is 1. The summed E-state index contributed by atoms with van der Waals surface area (Å²) in [5, 5.41) is 0.788. The average molecular weight is 344 g/mol. The number of rotatable bonds is 3. The maximum absolute atomic E-state index is 12.9. The Morgan fingerprint density at radius 2 is 2.08 bits per heavy atom. The molecule has 0 bridgehead atoms. The number of benzene rings is 1. The Labute approximate surface area is 148 Å². The van der Waals surface area contributed by atoms with Crippen LogP contribution in [0.4, 0.5) is 5.82 Å². The van der Waals surface area contributed by atoms with E-state index in [0.717, 1.165) is 35.8 Å². The smallest absolute Gasteiger partial charge is 0.254 e. The van der Waals surface area contributed by atoms with Crippen molar-refractivity contribution >= 4 is 23.3 Å². The first-order valence-corrected chi connectivity index (χ1v) is 8.61. The molecule has 0 saturated carbocycles. The van der Waals surface area contributed by atoms with Crippen molar-refractivity contribution in [3.63, 3.8) is 0 Å². The van der Waals surface area contributed by atoms with Crippen LogP contribution in [0.1, 0.15) is 34.7 Å². The van der Waals surface area contributed by atoms with Crippen molar-refractivity contribution in [3.05, 3.63) is 58.7 Å². The first kappa shape index (κ1) is 16.8. The minimum atomic E-state index is 0.0669. The molecule has 0 aliphatic carbocycles. The third-order valence-electron chi connectivity index (χ3n) is 4.50. The van der Waals surface area contributed by atoms with E-state index in [9.17, 15) is 4.79 Å². The van der Waals surface area contributed by atoms with Crippen LogP contribution in [0.15, 0.2) is 42.6 Å². The van der Waals surface area contributed by atoms with Crippen molar-refractivity contribution < 1.29 is 4.79 Å². The van der Waals surface area contributed by atoms with Gasteiger partial charge in [-0.05, 0) is 36.6 Å². The van der Waals surface area contributed by atoms with Crippen molar-refractivity contribution in [3.8, 4) is 0 Å². The quantitative estimate of drug-likeness (QED) is 0.850. The molecule has 24 heavy (non-hydrogen) atoms. The molecule has 1 aliphatic rings. The lowest BCUT2D eigenvalue weighted by Gasteiger charge is -2.33. The van der Waals surface area contributed by atoms with Gasteiger partial charge in [0.1, 0.15) is 5.82 Å². The zero-order valence-corrected chi connectivity index (χ0v) is 14.8. The summed E-state index contributed by atoms with van der Waals surface area (Å²) < 4.78 is 0. The number of anilines is 1. The summed E-state index contributed by atoms with van der Waals surface area (Å²) >= 11 is 6.34. The van der Waals surface area contributed by atoms with Gasteiger partial charge in [-0.15, -0.1) is 0 Å². The highest BCUT2D eigenvalue weighted by molar-refractivity contribution is 6.31. The van der Waals surface area contributed by atoms with Crippen LogP contribution in [0.3, 0.4) is 0 Å². The molecule has 0 N–H and O–H groups in total. The molecule has 4 nitrogen and oxygen atoms in total. The number of nitrogens with zero attached hydrogens (tertiary/aromatic N) is 3. The van der Waals surface area contributed by atoms with Gasteiger partial charge in [0.2, 0.25) is 0 Å². The molecule has 126 valence electrons. The second-order valence-electron chi connectivity index (χ2n) is 6.41. The Balaban J connectivity index is 1.78. The van der Waals surface area contributed by atoms with Gasteiger partial charge in [-0.3, -0.25) is 4.79 Å². The molecule has 1 aromatic carbocycles. The van der Waals surface area contributed by atoms with Gasteiger partial charge < -0.3 is 9.80 Å². The molecule has 2 heterocycles. The first-order chi connectivity index (χ1) is 11.6. The monoisotopic (exact) mass is 343 g/mol. The second kappa shape index (κ2) is 7.22. The van der Waals surface area contributed by atoms with Crippen LogP contribution in [0.2, 0.25) is 5.02 Å². The van der Waals surface area contributed by atoms with Crippen molar-refractivity contribution in [2.45, 2.75) is 18.8 Å². The van der Waals surface area contributed by atoms with Gasteiger partial charge in [0.25, 0.3) is 5.91 Å². The highest BCUT2D eigenvalue weighted by Crippen LogP contribution is 2.32. The zero-order valence-electron chi connectivity index (χ0n) is 14.1. The summed E-state index contributed by atoms with van der Waals surface area (Å²) in [6.45, 7) is 1.50. The molecule has 0 unspecified atom stereocenters. The standard InChI is InChI=1S/C19H22ClN3O/c1-22(2)18-12-14(9-10-21-18)19(24)23-11-5-6-15(13-23)16-7-3-4-8-17(16)20/h3-4,7-10,12,15H,5-6,11,13H2,1-2H3/t15-/m0/s1. The molecular formula is C19H22ClN3O. The van der Waals surface area contributed by atoms with E-state index >= 15 is 0 Å². The zero-order chi connectivity index (χ0) is 17.1. The molecular weight excluding hydrogens is 322 g/mol. The van der Waals surface area contributed by atoms with Crippen molar-refractivity contribution in [1.29, 1.82) is 0 Å². The second-order valence-corrected chi connectivity index (χ2v) is 6.82. The number of hydrogen-bond acceptors (Lipinski definition) is 3. The Morgan fingerprint density at radius 1 is 1.29 bits per heavy atom. The van der Waals surface area contributed by atoms with E-state index < -0.39 is 0 Å². The van der Waals surface area contributed by atoms with E-state index in [1.807, 2.05) is 48.2 Å². The normalized spacial score (nSPS) is 17.6. The van der Waals surface area contributed by atoms with Crippen LogP contribution in [-0.2, 0) is 0 Å². The first-order valence-electron chi connectivity index (χ1n) is 8.23. The van der Waals surface area contributed by atoms with E-state index in [4.69, 9.17) is 11.6 Å². The summed E-state index contributed by atoms with van der Waals surface area (Å²) in [4.78, 5) is 21.0. The Kier molecular flexibility index (Phi) is 5.05. The number of carbonyl (C=O) groups excluding carboxylic acids is 1. The summed E-state index contributed by atoms with van der Waals surface area (Å²) in [5.74, 6) is 1.16. The molecule has 0 spiro atoms. The van der Waals surface area contributed by atoms with Gasteiger partial charge in [-0.25, -0.2) is 4.98 Å². The van der Waals surface area contributed by atoms with Crippen LogP contribution in [-0.4, -0.2) is 43.0 Å². The third-order valence-corrected chi connectivity index (χ3v) is 4.85. The molecule has 1 aromatic heterocycles. The highest BCUT2D eigenvalue weighted by Gasteiger charge is 2.26. The molecule has 1 saturated heterocycles. The largest absolute Gasteiger partial charge is 0.363 e. The summed E-state index contributed by atoms with van der Waals surface area (Å²) in [6.07, 6.45) is 3.75. The van der Waals surface area contributed by atoms with Gasteiger partial charge >= 0.3 is 0 Å². The van der Waals surface area contributed by atoms with Crippen molar-refractivity contribution in [1.82, 2.24) is 9.88 Å². The van der Waals surface area contributed by atoms with E-state index in [0.29, 0.717) is 18.0 Å². The molecule has 5 heteroatoms. The summed E-state index contributed by atoms with van der Waals surface area (Å²) in [6, 6.07) is 11.6. The predicted molar refractivity (Wildman–Crippen MR) is 97.9 cm³/mol. The van der Waals surface area contributed by atoms with Crippen molar-refractivity contribution in [2.75, 3.05) is 32.1 Å². The Morgan fingerprint density at radius 3 is 2.83 bits per heavy atom. The predicted octanol–water partition coefficient (Wildman–Crippen LogP) is 3.82. The van der Waals surface area contributed by atoms with Gasteiger partial charge in [-0.2, -0.15) is 0 Å². The van der Waals surface area contributed by atoms with E-state index in [-0.39, 0.29) is 5.91 Å². The van der Waals surface area contributed by atoms with Crippen molar-refractivity contribution in [2.24, 2.45) is 0 Å². The number of likely N-dealkylation sites (tertiary alicyclic amines) is 1. The molecule has 1 atom stereocenters. The fraction of sp³-hybridized carbons (Fsp3) is 0.368. The van der Waals surface area contributed by atoms with Crippen LogP contribution in [0.25, 0.3) is 0 Å². The molecule has 3 rings (SSSR count). The summed E-state index contributed by atoms with van der Waals surface area (Å²) in [5.41, 5.74) is 1.83. The van der Waals surface area contributed by atoms with Gasteiger partial charge in [0, 0.05) is 49.9 Å². The van der Waals surface area contributed by atoms with Crippen LogP contribution >= 0.6 is 11.6 Å². The minimum Gasteiger partial charge on any atom is -0.363 e. The lowest BCUT2D eigenvalue weighted by atomic mass is 9.90. The molecule has 0 radical (unpaired) electrons. The van der Waals surface area contributed by atoms with Crippen LogP contribution in [0, 0.1) is 0 Å². The number of amides is 1. The lowest BCUT2D eigenvalue weighted by Crippen LogP contribution is -2.39. The molecule has 1 aliphatic heterocycles. The van der Waals surface area contributed by atoms with E-state index in [1.165, 1.54) is 0 Å². The number of pyridine rings is 1. The number of halogens is 1. The fourth-order valence-electron chi connectivity index (χ4n) is 3.20. The average Bonchev–Trinajstić information content (AvgIpc) is 2.61. The number of hydrogen-bond donors (Lipinski definition) is 0. The lowest BCUT2D eigenvalue weighted by molar-refractivity contribution is 0.0707. The molecule has 1 fully saturated rings. The van der Waals surface area contributed by atoms with E-state index in [1.54, 1.807) is 12.3 Å². The van der Waals surface area contributed by atoms with Gasteiger partial charge in [0.05, 0.1) is 0 Å². The van der Waals surface area contributed by atoms with Crippen LogP contribution < -0.4 is 4.90 Å². The number of aromatic nitrogens is 1. The SMILES string of the molecule is CN(C)c1cc(C(=O)N2CCC[C@H](c3ccccc3Cl)C2)ccn1. The van der Waals surface area contributed by atoms with Gasteiger partial charge in [0.15, 0.2) is 0 Å². The topological polar surface area (TPSA) is 36.4 Å².